The molecule has 0 aliphatic rings. The summed E-state index contributed by atoms with van der Waals surface area (Å²) in [5.41, 5.74) is 0.777. The first-order valence-electron chi connectivity index (χ1n) is 6.32. The van der Waals surface area contributed by atoms with Gasteiger partial charge in [0, 0.05) is 22.8 Å². The third-order valence-electron chi connectivity index (χ3n) is 2.83. The molecule has 0 aromatic carbocycles. The molecule has 1 unspecified atom stereocenters. The first-order chi connectivity index (χ1) is 8.11. The third-order valence-corrected chi connectivity index (χ3v) is 3.76. The molecule has 0 spiro atoms. The van der Waals surface area contributed by atoms with Crippen molar-refractivity contribution in [3.05, 3.63) is 21.9 Å². The van der Waals surface area contributed by atoms with E-state index >= 15 is 0 Å². The highest BCUT2D eigenvalue weighted by molar-refractivity contribution is 7.10. The second-order valence-electron chi connectivity index (χ2n) is 5.02. The van der Waals surface area contributed by atoms with E-state index in [0.717, 1.165) is 18.0 Å². The van der Waals surface area contributed by atoms with E-state index in [1.165, 1.54) is 24.1 Å². The second-order valence-corrected chi connectivity index (χ2v) is 6.02. The van der Waals surface area contributed by atoms with Gasteiger partial charge >= 0.3 is 0 Å². The Morgan fingerprint density at radius 3 is 2.71 bits per heavy atom. The van der Waals surface area contributed by atoms with Gasteiger partial charge in [0.1, 0.15) is 6.07 Å². The molecular weight excluding hydrogens is 228 g/mol. The van der Waals surface area contributed by atoms with Gasteiger partial charge in [-0.15, -0.1) is 11.3 Å². The zero-order chi connectivity index (χ0) is 12.7. The van der Waals surface area contributed by atoms with Crippen molar-refractivity contribution in [2.24, 2.45) is 5.92 Å². The molecule has 1 aromatic rings. The van der Waals surface area contributed by atoms with Gasteiger partial charge in [-0.2, -0.15) is 5.26 Å². The highest BCUT2D eigenvalue weighted by Gasteiger charge is 2.04. The summed E-state index contributed by atoms with van der Waals surface area (Å²) in [6.45, 7) is 7.66. The molecule has 2 nitrogen and oxygen atoms in total. The molecule has 1 rings (SSSR count). The molecular formula is C14H22N2S. The number of nitriles is 1. The summed E-state index contributed by atoms with van der Waals surface area (Å²) >= 11 is 1.66. The quantitative estimate of drug-likeness (QED) is 0.796. The number of thiophene rings is 1. The maximum atomic E-state index is 8.73. The van der Waals surface area contributed by atoms with Crippen molar-refractivity contribution in [1.29, 1.82) is 5.26 Å². The Balaban J connectivity index is 2.19. The van der Waals surface area contributed by atoms with Gasteiger partial charge in [0.25, 0.3) is 0 Å². The minimum atomic E-state index is 0.557. The third kappa shape index (κ3) is 5.86. The summed E-state index contributed by atoms with van der Waals surface area (Å²) in [7, 11) is 0. The molecule has 0 aliphatic carbocycles. The molecule has 0 radical (unpaired) electrons. The standard InChI is InChI=1S/C14H22N2S/c1-11(2)5-4-6-12(3)16-9-14-7-13(8-15)10-17-14/h7,10-12,16H,4-6,9H2,1-3H3. The highest BCUT2D eigenvalue weighted by atomic mass is 32.1. The number of nitrogens with zero attached hydrogens (tertiary/aromatic N) is 1. The van der Waals surface area contributed by atoms with Crippen LogP contribution in [0.25, 0.3) is 0 Å². The molecule has 1 atom stereocenters. The lowest BCUT2D eigenvalue weighted by Crippen LogP contribution is -2.24. The van der Waals surface area contributed by atoms with Crippen LogP contribution in [0.15, 0.2) is 11.4 Å². The van der Waals surface area contributed by atoms with Crippen LogP contribution in [-0.4, -0.2) is 6.04 Å². The summed E-state index contributed by atoms with van der Waals surface area (Å²) in [5.74, 6) is 0.803. The van der Waals surface area contributed by atoms with Crippen LogP contribution in [-0.2, 0) is 6.54 Å². The van der Waals surface area contributed by atoms with Crippen LogP contribution in [0.2, 0.25) is 0 Å². The van der Waals surface area contributed by atoms with Crippen LogP contribution in [0, 0.1) is 17.2 Å². The Kier molecular flexibility index (Phi) is 6.25. The van der Waals surface area contributed by atoms with Crippen molar-refractivity contribution < 1.29 is 0 Å². The Morgan fingerprint density at radius 1 is 1.35 bits per heavy atom. The van der Waals surface area contributed by atoms with E-state index in [-0.39, 0.29) is 0 Å². The first kappa shape index (κ1) is 14.2. The van der Waals surface area contributed by atoms with Gasteiger partial charge in [-0.05, 0) is 25.3 Å². The van der Waals surface area contributed by atoms with Crippen molar-refractivity contribution in [2.45, 2.75) is 52.6 Å². The van der Waals surface area contributed by atoms with Crippen LogP contribution in [0.3, 0.4) is 0 Å². The average molecular weight is 250 g/mol. The summed E-state index contributed by atoms with van der Waals surface area (Å²) in [6, 6.07) is 4.69. The van der Waals surface area contributed by atoms with Gasteiger partial charge in [0.2, 0.25) is 0 Å². The molecule has 94 valence electrons. The van der Waals surface area contributed by atoms with Crippen molar-refractivity contribution in [2.75, 3.05) is 0 Å². The topological polar surface area (TPSA) is 35.8 Å². The van der Waals surface area contributed by atoms with Gasteiger partial charge in [0.05, 0.1) is 5.56 Å². The summed E-state index contributed by atoms with van der Waals surface area (Å²) in [6.07, 6.45) is 3.83. The molecule has 1 heterocycles. The molecule has 0 amide bonds. The smallest absolute Gasteiger partial charge is 0.100 e. The van der Waals surface area contributed by atoms with Crippen LogP contribution in [0.5, 0.6) is 0 Å². The largest absolute Gasteiger partial charge is 0.309 e. The Bertz CT molecular complexity index is 363. The van der Waals surface area contributed by atoms with E-state index < -0.39 is 0 Å². The van der Waals surface area contributed by atoms with Crippen molar-refractivity contribution >= 4 is 11.3 Å². The monoisotopic (exact) mass is 250 g/mol. The maximum absolute atomic E-state index is 8.73. The molecule has 0 bridgehead atoms. The molecule has 3 heteroatoms. The summed E-state index contributed by atoms with van der Waals surface area (Å²) in [4.78, 5) is 1.25. The van der Waals surface area contributed by atoms with Gasteiger partial charge < -0.3 is 5.32 Å². The van der Waals surface area contributed by atoms with Crippen LogP contribution >= 0.6 is 11.3 Å². The number of hydrogen-bond donors (Lipinski definition) is 1. The van der Waals surface area contributed by atoms with Gasteiger partial charge in [-0.1, -0.05) is 26.7 Å². The lowest BCUT2D eigenvalue weighted by Gasteiger charge is -2.13. The van der Waals surface area contributed by atoms with E-state index in [0.29, 0.717) is 6.04 Å². The minimum absolute atomic E-state index is 0.557. The van der Waals surface area contributed by atoms with Gasteiger partial charge in [-0.3, -0.25) is 0 Å². The normalized spacial score (nSPS) is 12.6. The molecule has 1 N–H and O–H groups in total. The fourth-order valence-corrected chi connectivity index (χ4v) is 2.50. The van der Waals surface area contributed by atoms with Gasteiger partial charge in [0.15, 0.2) is 0 Å². The molecule has 0 saturated heterocycles. The zero-order valence-electron chi connectivity index (χ0n) is 11.0. The Hall–Kier alpha value is -0.850. The SMILES string of the molecule is CC(C)CCCC(C)NCc1cc(C#N)cs1. The van der Waals surface area contributed by atoms with Crippen molar-refractivity contribution in [1.82, 2.24) is 5.32 Å². The molecule has 17 heavy (non-hydrogen) atoms. The van der Waals surface area contributed by atoms with E-state index in [4.69, 9.17) is 5.26 Å². The number of nitrogens with one attached hydrogen (secondary N) is 1. The van der Waals surface area contributed by atoms with E-state index in [1.807, 2.05) is 11.4 Å². The average Bonchev–Trinajstić information content (AvgIpc) is 2.73. The highest BCUT2D eigenvalue weighted by Crippen LogP contribution is 2.14. The van der Waals surface area contributed by atoms with Crippen LogP contribution in [0.4, 0.5) is 0 Å². The maximum Gasteiger partial charge on any atom is 0.100 e. The summed E-state index contributed by atoms with van der Waals surface area (Å²) < 4.78 is 0. The number of rotatable bonds is 7. The van der Waals surface area contributed by atoms with E-state index in [1.54, 1.807) is 11.3 Å². The second kappa shape index (κ2) is 7.47. The van der Waals surface area contributed by atoms with Crippen molar-refractivity contribution in [3.63, 3.8) is 0 Å². The Labute approximate surface area is 109 Å². The fourth-order valence-electron chi connectivity index (χ4n) is 1.74. The predicted octanol–water partition coefficient (Wildman–Crippen LogP) is 3.92. The lowest BCUT2D eigenvalue weighted by molar-refractivity contribution is 0.458. The molecule has 0 saturated carbocycles. The predicted molar refractivity (Wildman–Crippen MR) is 74.0 cm³/mol. The van der Waals surface area contributed by atoms with Gasteiger partial charge in [-0.25, -0.2) is 0 Å². The molecule has 0 fully saturated rings. The zero-order valence-corrected chi connectivity index (χ0v) is 11.8. The van der Waals surface area contributed by atoms with Crippen LogP contribution < -0.4 is 5.32 Å². The minimum Gasteiger partial charge on any atom is -0.309 e. The fraction of sp³-hybridized carbons (Fsp3) is 0.643. The lowest BCUT2D eigenvalue weighted by atomic mass is 10.0. The van der Waals surface area contributed by atoms with E-state index in [2.05, 4.69) is 32.2 Å². The molecule has 1 aromatic heterocycles. The van der Waals surface area contributed by atoms with Crippen LogP contribution in [0.1, 0.15) is 50.5 Å². The van der Waals surface area contributed by atoms with Crippen molar-refractivity contribution in [3.8, 4) is 6.07 Å². The summed E-state index contributed by atoms with van der Waals surface area (Å²) in [5, 5.41) is 14.2. The molecule has 0 aliphatic heterocycles. The van der Waals surface area contributed by atoms with E-state index in [9.17, 15) is 0 Å². The Morgan fingerprint density at radius 2 is 2.12 bits per heavy atom. The number of hydrogen-bond acceptors (Lipinski definition) is 3. The first-order valence-corrected chi connectivity index (χ1v) is 7.20.